The van der Waals surface area contributed by atoms with E-state index in [4.69, 9.17) is 21.9 Å². The van der Waals surface area contributed by atoms with Crippen LogP contribution in [0.25, 0.3) is 0 Å². The van der Waals surface area contributed by atoms with E-state index in [1.807, 2.05) is 20.8 Å². The molecule has 1 heterocycles. The van der Waals surface area contributed by atoms with Crippen LogP contribution in [0.1, 0.15) is 31.5 Å². The molecule has 0 aliphatic heterocycles. The molecule has 0 unspecified atom stereocenters. The second-order valence-corrected chi connectivity index (χ2v) is 5.98. The topological polar surface area (TPSA) is 72.4 Å². The zero-order chi connectivity index (χ0) is 14.6. The van der Waals surface area contributed by atoms with E-state index >= 15 is 0 Å². The quantitative estimate of drug-likeness (QED) is 0.869. The molecule has 6 heteroatoms. The monoisotopic (exact) mass is 287 g/mol. The van der Waals surface area contributed by atoms with Gasteiger partial charge in [0.25, 0.3) is 0 Å². The van der Waals surface area contributed by atoms with Crippen LogP contribution in [0.3, 0.4) is 0 Å². The van der Waals surface area contributed by atoms with Gasteiger partial charge in [-0.15, -0.1) is 0 Å². The van der Waals surface area contributed by atoms with Gasteiger partial charge in [0.2, 0.25) is 11.1 Å². The number of halogens is 1. The summed E-state index contributed by atoms with van der Waals surface area (Å²) in [5, 5.41) is 4.04. The maximum absolute atomic E-state index is 12.0. The Balaban J connectivity index is 2.52. The third-order valence-electron chi connectivity index (χ3n) is 3.17. The van der Waals surface area contributed by atoms with Crippen LogP contribution in [0.2, 0.25) is 5.22 Å². The first kappa shape index (κ1) is 16.0. The second kappa shape index (κ2) is 6.39. The van der Waals surface area contributed by atoms with Gasteiger partial charge in [0, 0.05) is 25.6 Å². The van der Waals surface area contributed by atoms with E-state index in [-0.39, 0.29) is 16.5 Å². The van der Waals surface area contributed by atoms with Crippen molar-refractivity contribution in [3.63, 3.8) is 0 Å². The first-order valence-electron chi connectivity index (χ1n) is 6.31. The fraction of sp³-hybridized carbons (Fsp3) is 0.692. The average Bonchev–Trinajstić information content (AvgIpc) is 2.65. The minimum atomic E-state index is -0.0742. The van der Waals surface area contributed by atoms with Gasteiger partial charge in [0.1, 0.15) is 0 Å². The van der Waals surface area contributed by atoms with E-state index in [9.17, 15) is 4.79 Å². The lowest BCUT2D eigenvalue weighted by atomic mass is 9.93. The molecular weight excluding hydrogens is 266 g/mol. The third-order valence-corrected chi connectivity index (χ3v) is 3.47. The number of aromatic nitrogens is 1. The Bertz CT molecular complexity index is 424. The van der Waals surface area contributed by atoms with Crippen LogP contribution in [-0.4, -0.2) is 36.1 Å². The molecule has 0 fully saturated rings. The molecule has 0 aromatic carbocycles. The highest BCUT2D eigenvalue weighted by molar-refractivity contribution is 6.29. The van der Waals surface area contributed by atoms with Crippen molar-refractivity contribution in [2.24, 2.45) is 11.1 Å². The van der Waals surface area contributed by atoms with Gasteiger partial charge in [-0.25, -0.2) is 0 Å². The number of rotatable bonds is 6. The Morgan fingerprint density at radius 2 is 2.16 bits per heavy atom. The molecule has 0 saturated heterocycles. The highest BCUT2D eigenvalue weighted by atomic mass is 35.5. The van der Waals surface area contributed by atoms with Gasteiger partial charge < -0.3 is 15.2 Å². The summed E-state index contributed by atoms with van der Waals surface area (Å²) >= 11 is 5.87. The van der Waals surface area contributed by atoms with Crippen LogP contribution in [0.4, 0.5) is 0 Å². The third kappa shape index (κ3) is 4.51. The predicted octanol–water partition coefficient (Wildman–Crippen LogP) is 2.01. The maximum Gasteiger partial charge on any atom is 0.229 e. The molecule has 2 N–H and O–H groups in total. The van der Waals surface area contributed by atoms with Crippen LogP contribution < -0.4 is 5.73 Å². The number of carbonyl (C=O) groups is 1. The molecular formula is C13H22ClN3O2. The highest BCUT2D eigenvalue weighted by Crippen LogP contribution is 2.21. The molecule has 1 rings (SSSR count). The van der Waals surface area contributed by atoms with Crippen molar-refractivity contribution in [1.29, 1.82) is 0 Å². The SMILES string of the molecule is Cc1noc(Cl)c1CCC(=O)N(C)CC(C)(C)CN. The standard InChI is InChI=1S/C13H22ClN3O2/c1-9-10(12(14)19-16-9)5-6-11(18)17(4)8-13(2,3)7-15/h5-8,15H2,1-4H3. The van der Waals surface area contributed by atoms with Crippen molar-refractivity contribution >= 4 is 17.5 Å². The average molecular weight is 288 g/mol. The summed E-state index contributed by atoms with van der Waals surface area (Å²) < 4.78 is 4.86. The molecule has 0 radical (unpaired) electrons. The van der Waals surface area contributed by atoms with Gasteiger partial charge in [-0.05, 0) is 36.9 Å². The summed E-state index contributed by atoms with van der Waals surface area (Å²) in [6.45, 7) is 7.08. The largest absolute Gasteiger partial charge is 0.345 e. The first-order valence-corrected chi connectivity index (χ1v) is 6.69. The number of hydrogen-bond donors (Lipinski definition) is 1. The van der Waals surface area contributed by atoms with Gasteiger partial charge in [-0.1, -0.05) is 19.0 Å². The molecule has 0 aliphatic rings. The smallest absolute Gasteiger partial charge is 0.229 e. The van der Waals surface area contributed by atoms with E-state index in [2.05, 4.69) is 5.16 Å². The van der Waals surface area contributed by atoms with Crippen molar-refractivity contribution in [2.45, 2.75) is 33.6 Å². The fourth-order valence-electron chi connectivity index (χ4n) is 1.86. The molecule has 0 aliphatic carbocycles. The van der Waals surface area contributed by atoms with E-state index < -0.39 is 0 Å². The van der Waals surface area contributed by atoms with Gasteiger partial charge in [-0.3, -0.25) is 4.79 Å². The number of hydrogen-bond acceptors (Lipinski definition) is 4. The molecule has 0 spiro atoms. The van der Waals surface area contributed by atoms with Crippen molar-refractivity contribution < 1.29 is 9.32 Å². The van der Waals surface area contributed by atoms with Gasteiger partial charge in [0.05, 0.1) is 5.69 Å². The van der Waals surface area contributed by atoms with E-state index in [1.165, 1.54) is 0 Å². The fourth-order valence-corrected chi connectivity index (χ4v) is 2.12. The van der Waals surface area contributed by atoms with Gasteiger partial charge >= 0.3 is 0 Å². The minimum absolute atomic E-state index is 0.0678. The number of nitrogens with zero attached hydrogens (tertiary/aromatic N) is 2. The Morgan fingerprint density at radius 1 is 1.53 bits per heavy atom. The Hall–Kier alpha value is -1.07. The normalized spacial score (nSPS) is 11.7. The molecule has 1 aromatic heterocycles. The van der Waals surface area contributed by atoms with Crippen LogP contribution in [0.5, 0.6) is 0 Å². The first-order chi connectivity index (χ1) is 8.76. The number of amides is 1. The molecule has 0 saturated carbocycles. The van der Waals surface area contributed by atoms with Crippen molar-refractivity contribution in [3.8, 4) is 0 Å². The van der Waals surface area contributed by atoms with Crippen LogP contribution in [0.15, 0.2) is 4.52 Å². The molecule has 1 aromatic rings. The summed E-state index contributed by atoms with van der Waals surface area (Å²) in [6, 6.07) is 0. The molecule has 108 valence electrons. The summed E-state index contributed by atoms with van der Waals surface area (Å²) in [5.41, 5.74) is 7.14. The lowest BCUT2D eigenvalue weighted by Crippen LogP contribution is -2.39. The van der Waals surface area contributed by atoms with Crippen molar-refractivity contribution in [2.75, 3.05) is 20.1 Å². The summed E-state index contributed by atoms with van der Waals surface area (Å²) in [7, 11) is 1.79. The molecule has 1 amide bonds. The highest BCUT2D eigenvalue weighted by Gasteiger charge is 2.21. The maximum atomic E-state index is 12.0. The molecule has 0 atom stereocenters. The summed E-state index contributed by atoms with van der Waals surface area (Å²) in [6.07, 6.45) is 0.930. The molecule has 5 nitrogen and oxygen atoms in total. The van der Waals surface area contributed by atoms with Crippen molar-refractivity contribution in [1.82, 2.24) is 10.1 Å². The van der Waals surface area contributed by atoms with Crippen LogP contribution in [-0.2, 0) is 11.2 Å². The second-order valence-electron chi connectivity index (χ2n) is 5.64. The van der Waals surface area contributed by atoms with Gasteiger partial charge in [0.15, 0.2) is 0 Å². The zero-order valence-electron chi connectivity index (χ0n) is 12.0. The number of carbonyl (C=O) groups excluding carboxylic acids is 1. The minimum Gasteiger partial charge on any atom is -0.345 e. The Morgan fingerprint density at radius 3 is 2.63 bits per heavy atom. The number of nitrogens with two attached hydrogens (primary N) is 1. The zero-order valence-corrected chi connectivity index (χ0v) is 12.8. The van der Waals surface area contributed by atoms with Gasteiger partial charge in [-0.2, -0.15) is 0 Å². The summed E-state index contributed by atoms with van der Waals surface area (Å²) in [5.74, 6) is 0.0678. The predicted molar refractivity (Wildman–Crippen MR) is 75.0 cm³/mol. The van der Waals surface area contributed by atoms with Crippen LogP contribution in [0, 0.1) is 12.3 Å². The Kier molecular flexibility index (Phi) is 5.38. The lowest BCUT2D eigenvalue weighted by molar-refractivity contribution is -0.131. The van der Waals surface area contributed by atoms with E-state index in [0.717, 1.165) is 11.3 Å². The lowest BCUT2D eigenvalue weighted by Gasteiger charge is -2.29. The van der Waals surface area contributed by atoms with Crippen LogP contribution >= 0.6 is 11.6 Å². The molecule has 0 bridgehead atoms. The van der Waals surface area contributed by atoms with E-state index in [0.29, 0.717) is 25.9 Å². The Labute approximate surface area is 119 Å². The summed E-state index contributed by atoms with van der Waals surface area (Å²) in [4.78, 5) is 13.8. The van der Waals surface area contributed by atoms with Crippen molar-refractivity contribution in [3.05, 3.63) is 16.5 Å². The van der Waals surface area contributed by atoms with E-state index in [1.54, 1.807) is 11.9 Å². The number of aryl methyl sites for hydroxylation is 1. The molecule has 19 heavy (non-hydrogen) atoms.